The highest BCUT2D eigenvalue weighted by atomic mass is 16.2. The van der Waals surface area contributed by atoms with E-state index in [4.69, 9.17) is 0 Å². The van der Waals surface area contributed by atoms with E-state index in [-0.39, 0.29) is 23.9 Å². The van der Waals surface area contributed by atoms with Gasteiger partial charge in [0.15, 0.2) is 0 Å². The van der Waals surface area contributed by atoms with E-state index in [0.29, 0.717) is 10.9 Å². The van der Waals surface area contributed by atoms with Gasteiger partial charge in [-0.25, -0.2) is 0 Å². The molecule has 3 rings (SSSR count). The van der Waals surface area contributed by atoms with Crippen LogP contribution in [0.1, 0.15) is 11.6 Å². The normalized spacial score (nSPS) is 12.3. The summed E-state index contributed by atoms with van der Waals surface area (Å²) in [6, 6.07) is 17.0. The van der Waals surface area contributed by atoms with Gasteiger partial charge in [0.2, 0.25) is 11.3 Å². The third-order valence-corrected chi connectivity index (χ3v) is 4.20. The molecule has 0 saturated carbocycles. The highest BCUT2D eigenvalue weighted by Crippen LogP contribution is 2.11. The first-order valence-electron chi connectivity index (χ1n) is 8.63. The number of rotatable bonds is 6. The Labute approximate surface area is 152 Å². The largest absolute Gasteiger partial charge is 0.342 e. The van der Waals surface area contributed by atoms with Crippen molar-refractivity contribution >= 4 is 16.8 Å². The maximum Gasteiger partial charge on any atom is 0.242 e. The van der Waals surface area contributed by atoms with Crippen molar-refractivity contribution in [2.24, 2.45) is 0 Å². The second-order valence-electron chi connectivity index (χ2n) is 6.63. The van der Waals surface area contributed by atoms with Crippen LogP contribution in [-0.2, 0) is 11.3 Å². The van der Waals surface area contributed by atoms with Crippen LogP contribution in [0.3, 0.4) is 0 Å². The second-order valence-corrected chi connectivity index (χ2v) is 6.63. The highest BCUT2D eigenvalue weighted by molar-refractivity contribution is 5.81. The van der Waals surface area contributed by atoms with Crippen molar-refractivity contribution in [3.63, 3.8) is 0 Å². The van der Waals surface area contributed by atoms with Crippen molar-refractivity contribution in [3.05, 3.63) is 76.6 Å². The number of quaternary nitrogens is 1. The minimum absolute atomic E-state index is 0.0624. The summed E-state index contributed by atoms with van der Waals surface area (Å²) in [5, 5.41) is 7.78. The molecule has 1 atom stereocenters. The number of carbonyl (C=O) groups is 1. The summed E-state index contributed by atoms with van der Waals surface area (Å²) in [4.78, 5) is 25.8. The van der Waals surface area contributed by atoms with Gasteiger partial charge in [-0.2, -0.15) is 5.10 Å². The quantitative estimate of drug-likeness (QED) is 0.675. The number of para-hydroxylation sites is 1. The number of aromatic nitrogens is 2. The van der Waals surface area contributed by atoms with Gasteiger partial charge in [-0.15, -0.1) is 0 Å². The SMILES string of the molecule is C[NH+](C)C[C@@H](NC(=O)Cn1ncc(=O)c2ccccc21)c1ccccc1. The van der Waals surface area contributed by atoms with Gasteiger partial charge in [0.1, 0.15) is 19.1 Å². The van der Waals surface area contributed by atoms with Crippen LogP contribution >= 0.6 is 0 Å². The number of amides is 1. The van der Waals surface area contributed by atoms with Crippen LogP contribution in [0.25, 0.3) is 10.9 Å². The number of benzene rings is 2. The van der Waals surface area contributed by atoms with Crippen molar-refractivity contribution in [2.45, 2.75) is 12.6 Å². The smallest absolute Gasteiger partial charge is 0.242 e. The van der Waals surface area contributed by atoms with Crippen molar-refractivity contribution < 1.29 is 9.69 Å². The standard InChI is InChI=1S/C20H22N4O2/c1-23(2)13-17(15-8-4-3-5-9-15)22-20(26)14-24-18-11-7-6-10-16(18)19(25)12-21-24/h3-12,17H,13-14H2,1-2H3,(H,22,26)/p+1/t17-/m1/s1. The molecule has 1 aromatic heterocycles. The zero-order valence-corrected chi connectivity index (χ0v) is 15.0. The molecule has 0 fully saturated rings. The molecule has 0 saturated heterocycles. The third-order valence-electron chi connectivity index (χ3n) is 4.20. The van der Waals surface area contributed by atoms with E-state index >= 15 is 0 Å². The van der Waals surface area contributed by atoms with Crippen molar-refractivity contribution in [2.75, 3.05) is 20.6 Å². The van der Waals surface area contributed by atoms with E-state index < -0.39 is 0 Å². The van der Waals surface area contributed by atoms with Crippen molar-refractivity contribution in [3.8, 4) is 0 Å². The topological polar surface area (TPSA) is 68.4 Å². The zero-order valence-electron chi connectivity index (χ0n) is 15.0. The maximum atomic E-state index is 12.6. The monoisotopic (exact) mass is 351 g/mol. The Balaban J connectivity index is 1.81. The number of likely N-dealkylation sites (N-methyl/N-ethyl adjacent to an activating group) is 1. The number of hydrogen-bond donors (Lipinski definition) is 2. The molecule has 6 nitrogen and oxygen atoms in total. The highest BCUT2D eigenvalue weighted by Gasteiger charge is 2.18. The predicted octanol–water partition coefficient (Wildman–Crippen LogP) is 0.399. The second kappa shape index (κ2) is 7.93. The lowest BCUT2D eigenvalue weighted by atomic mass is 10.1. The molecule has 0 aliphatic carbocycles. The Bertz CT molecular complexity index is 951. The van der Waals surface area contributed by atoms with Gasteiger partial charge >= 0.3 is 0 Å². The fourth-order valence-corrected chi connectivity index (χ4v) is 3.01. The molecule has 0 spiro atoms. The molecule has 26 heavy (non-hydrogen) atoms. The van der Waals surface area contributed by atoms with Gasteiger partial charge in [0.05, 0.1) is 25.8 Å². The molecule has 0 bridgehead atoms. The van der Waals surface area contributed by atoms with Gasteiger partial charge in [-0.3, -0.25) is 14.3 Å². The first kappa shape index (κ1) is 17.8. The minimum Gasteiger partial charge on any atom is -0.342 e. The van der Waals surface area contributed by atoms with Gasteiger partial charge in [0, 0.05) is 5.39 Å². The fourth-order valence-electron chi connectivity index (χ4n) is 3.01. The Morgan fingerprint density at radius 2 is 1.81 bits per heavy atom. The van der Waals surface area contributed by atoms with E-state index in [1.807, 2.05) is 36.4 Å². The summed E-state index contributed by atoms with van der Waals surface area (Å²) < 4.78 is 1.57. The van der Waals surface area contributed by atoms with Crippen molar-refractivity contribution in [1.29, 1.82) is 0 Å². The molecule has 1 heterocycles. The summed E-state index contributed by atoms with van der Waals surface area (Å²) in [7, 11) is 4.11. The lowest BCUT2D eigenvalue weighted by Crippen LogP contribution is -3.06. The number of carbonyl (C=O) groups excluding carboxylic acids is 1. The van der Waals surface area contributed by atoms with Crippen LogP contribution in [-0.4, -0.2) is 36.3 Å². The Morgan fingerprint density at radius 1 is 1.12 bits per heavy atom. The summed E-state index contributed by atoms with van der Waals surface area (Å²) >= 11 is 0. The molecular formula is C20H23N4O2+. The summed E-state index contributed by atoms with van der Waals surface area (Å²) in [6.45, 7) is 0.834. The molecule has 1 amide bonds. The number of fused-ring (bicyclic) bond motifs is 1. The van der Waals surface area contributed by atoms with E-state index in [9.17, 15) is 9.59 Å². The number of hydrogen-bond acceptors (Lipinski definition) is 3. The van der Waals surface area contributed by atoms with E-state index in [1.165, 1.54) is 11.1 Å². The summed E-state index contributed by atoms with van der Waals surface area (Å²) in [5.41, 5.74) is 1.58. The molecular weight excluding hydrogens is 328 g/mol. The van der Waals surface area contributed by atoms with Crippen LogP contribution < -0.4 is 15.6 Å². The fraction of sp³-hybridized carbons (Fsp3) is 0.250. The van der Waals surface area contributed by atoms with Crippen LogP contribution in [0.5, 0.6) is 0 Å². The average Bonchev–Trinajstić information content (AvgIpc) is 2.64. The lowest BCUT2D eigenvalue weighted by Gasteiger charge is -2.21. The molecule has 0 radical (unpaired) electrons. The van der Waals surface area contributed by atoms with Crippen molar-refractivity contribution in [1.82, 2.24) is 15.1 Å². The molecule has 2 N–H and O–H groups in total. The van der Waals surface area contributed by atoms with E-state index in [0.717, 1.165) is 12.1 Å². The van der Waals surface area contributed by atoms with Crippen LogP contribution in [0.4, 0.5) is 0 Å². The molecule has 2 aromatic carbocycles. The van der Waals surface area contributed by atoms with Gasteiger partial charge in [0.25, 0.3) is 0 Å². The lowest BCUT2D eigenvalue weighted by molar-refractivity contribution is -0.860. The molecule has 0 aliphatic rings. The Morgan fingerprint density at radius 3 is 2.54 bits per heavy atom. The van der Waals surface area contributed by atoms with E-state index in [1.54, 1.807) is 22.9 Å². The van der Waals surface area contributed by atoms with Crippen LogP contribution in [0, 0.1) is 0 Å². The summed E-state index contributed by atoms with van der Waals surface area (Å²) in [5.74, 6) is -0.138. The first-order valence-corrected chi connectivity index (χ1v) is 8.63. The minimum atomic E-state index is -0.143. The average molecular weight is 351 g/mol. The maximum absolute atomic E-state index is 12.6. The molecule has 6 heteroatoms. The summed E-state index contributed by atoms with van der Waals surface area (Å²) in [6.07, 6.45) is 1.26. The number of nitrogens with one attached hydrogen (secondary N) is 2. The molecule has 134 valence electrons. The Hall–Kier alpha value is -2.99. The van der Waals surface area contributed by atoms with Gasteiger partial charge in [-0.1, -0.05) is 42.5 Å². The third kappa shape index (κ3) is 4.15. The van der Waals surface area contributed by atoms with Crippen LogP contribution in [0.15, 0.2) is 65.6 Å². The van der Waals surface area contributed by atoms with Gasteiger partial charge < -0.3 is 10.2 Å². The number of nitrogens with zero attached hydrogens (tertiary/aromatic N) is 2. The molecule has 0 unspecified atom stereocenters. The van der Waals surface area contributed by atoms with Gasteiger partial charge in [-0.05, 0) is 17.7 Å². The van der Waals surface area contributed by atoms with E-state index in [2.05, 4.69) is 24.5 Å². The zero-order chi connectivity index (χ0) is 18.5. The van der Waals surface area contributed by atoms with Crippen LogP contribution in [0.2, 0.25) is 0 Å². The molecule has 0 aliphatic heterocycles. The Kier molecular flexibility index (Phi) is 5.43. The molecule has 3 aromatic rings. The predicted molar refractivity (Wildman–Crippen MR) is 101 cm³/mol. The first-order chi connectivity index (χ1) is 12.5.